The van der Waals surface area contributed by atoms with Gasteiger partial charge in [0.1, 0.15) is 0 Å². The van der Waals surface area contributed by atoms with E-state index < -0.39 is 0 Å². The van der Waals surface area contributed by atoms with Gasteiger partial charge in [0.2, 0.25) is 0 Å². The summed E-state index contributed by atoms with van der Waals surface area (Å²) in [6, 6.07) is 7.03. The minimum atomic E-state index is -0.374. The maximum Gasteiger partial charge on any atom is 0.337 e. The Morgan fingerprint density at radius 2 is 2.14 bits per heavy atom. The maximum atomic E-state index is 11.1. The van der Waals surface area contributed by atoms with Crippen LogP contribution < -0.4 is 0 Å². The summed E-state index contributed by atoms with van der Waals surface area (Å²) in [5.74, 6) is -0.374. The van der Waals surface area contributed by atoms with Crippen LogP contribution in [-0.4, -0.2) is 13.1 Å². The van der Waals surface area contributed by atoms with Crippen molar-refractivity contribution >= 4 is 12.0 Å². The average molecular weight is 189 g/mol. The van der Waals surface area contributed by atoms with Crippen LogP contribution in [-0.2, 0) is 4.74 Å². The molecule has 0 unspecified atom stereocenters. The standard InChI is InChI=1S/C12H12O2/c1-3-4-5-10-6-8-11(9-7-10)12(13)14-2/h3-9H,1H2,2H3/b5-4+/i5D. The van der Waals surface area contributed by atoms with Gasteiger partial charge in [-0.05, 0) is 17.7 Å². The summed E-state index contributed by atoms with van der Waals surface area (Å²) in [4.78, 5) is 11.1. The second kappa shape index (κ2) is 5.02. The number of benzene rings is 1. The highest BCUT2D eigenvalue weighted by atomic mass is 16.5. The molecule has 0 radical (unpaired) electrons. The molecule has 0 N–H and O–H groups in total. The Morgan fingerprint density at radius 1 is 1.50 bits per heavy atom. The van der Waals surface area contributed by atoms with E-state index in [4.69, 9.17) is 1.37 Å². The Kier molecular flexibility index (Phi) is 3.14. The van der Waals surface area contributed by atoms with Gasteiger partial charge in [0.05, 0.1) is 14.0 Å². The van der Waals surface area contributed by atoms with Gasteiger partial charge in [0.25, 0.3) is 0 Å². The van der Waals surface area contributed by atoms with Gasteiger partial charge in [0.15, 0.2) is 0 Å². The van der Waals surface area contributed by atoms with Crippen molar-refractivity contribution in [2.45, 2.75) is 0 Å². The second-order valence-electron chi connectivity index (χ2n) is 2.62. The van der Waals surface area contributed by atoms with Gasteiger partial charge in [-0.1, -0.05) is 36.9 Å². The molecular formula is C12H12O2. The molecule has 0 aromatic heterocycles. The Bertz CT molecular complexity index is 391. The molecule has 14 heavy (non-hydrogen) atoms. The first-order valence-corrected chi connectivity index (χ1v) is 4.17. The Morgan fingerprint density at radius 3 is 2.64 bits per heavy atom. The van der Waals surface area contributed by atoms with Gasteiger partial charge in [-0.25, -0.2) is 4.79 Å². The Hall–Kier alpha value is -1.83. The molecule has 0 saturated heterocycles. The van der Waals surface area contributed by atoms with Crippen molar-refractivity contribution < 1.29 is 10.9 Å². The van der Waals surface area contributed by atoms with E-state index in [-0.39, 0.29) is 5.97 Å². The van der Waals surface area contributed by atoms with Crippen molar-refractivity contribution in [2.24, 2.45) is 0 Å². The minimum Gasteiger partial charge on any atom is -0.465 e. The molecule has 2 nitrogen and oxygen atoms in total. The van der Waals surface area contributed by atoms with E-state index in [1.807, 2.05) is 0 Å². The van der Waals surface area contributed by atoms with Gasteiger partial charge in [0, 0.05) is 0 Å². The smallest absolute Gasteiger partial charge is 0.337 e. The number of allylic oxidation sites excluding steroid dienone is 2. The van der Waals surface area contributed by atoms with E-state index in [9.17, 15) is 4.79 Å². The summed E-state index contributed by atoms with van der Waals surface area (Å²) in [5, 5.41) is 0. The summed E-state index contributed by atoms with van der Waals surface area (Å²) >= 11 is 0. The van der Waals surface area contributed by atoms with E-state index in [2.05, 4.69) is 11.3 Å². The third-order valence-electron chi connectivity index (χ3n) is 1.67. The molecule has 0 spiro atoms. The summed E-state index contributed by atoms with van der Waals surface area (Å²) < 4.78 is 12.2. The summed E-state index contributed by atoms with van der Waals surface area (Å²) in [7, 11) is 1.34. The highest BCUT2D eigenvalue weighted by Gasteiger charge is 2.02. The molecule has 0 aliphatic carbocycles. The fourth-order valence-electron chi connectivity index (χ4n) is 0.976. The predicted molar refractivity (Wildman–Crippen MR) is 57.0 cm³/mol. The van der Waals surface area contributed by atoms with Crippen LogP contribution in [0, 0.1) is 0 Å². The molecule has 2 heteroatoms. The van der Waals surface area contributed by atoms with Crippen LogP contribution in [0.5, 0.6) is 0 Å². The van der Waals surface area contributed by atoms with Gasteiger partial charge >= 0.3 is 5.97 Å². The predicted octanol–water partition coefficient (Wildman–Crippen LogP) is 2.67. The molecule has 0 saturated carbocycles. The largest absolute Gasteiger partial charge is 0.465 e. The van der Waals surface area contributed by atoms with Crippen molar-refractivity contribution in [1.82, 2.24) is 0 Å². The van der Waals surface area contributed by atoms with E-state index in [1.165, 1.54) is 7.11 Å². The minimum absolute atomic E-state index is 0.362. The fraction of sp³-hybridized carbons (Fsp3) is 0.0833. The lowest BCUT2D eigenvalue weighted by molar-refractivity contribution is 0.0601. The Labute approximate surface area is 84.9 Å². The van der Waals surface area contributed by atoms with Crippen molar-refractivity contribution in [1.29, 1.82) is 0 Å². The molecular weight excluding hydrogens is 176 g/mol. The fourth-order valence-corrected chi connectivity index (χ4v) is 0.976. The normalized spacial score (nSPS) is 11.8. The van der Waals surface area contributed by atoms with Crippen molar-refractivity contribution in [3.8, 4) is 0 Å². The number of hydrogen-bond acceptors (Lipinski definition) is 2. The number of hydrogen-bond donors (Lipinski definition) is 0. The van der Waals surface area contributed by atoms with E-state index in [0.717, 1.165) is 5.56 Å². The third kappa shape index (κ3) is 2.59. The van der Waals surface area contributed by atoms with E-state index in [1.54, 1.807) is 36.4 Å². The van der Waals surface area contributed by atoms with Gasteiger partial charge in [-0.2, -0.15) is 0 Å². The van der Waals surface area contributed by atoms with Gasteiger partial charge < -0.3 is 4.74 Å². The monoisotopic (exact) mass is 189 g/mol. The molecule has 0 fully saturated rings. The summed E-state index contributed by atoms with van der Waals surface area (Å²) in [6.45, 7) is 3.51. The van der Waals surface area contributed by atoms with Crippen LogP contribution in [0.3, 0.4) is 0 Å². The zero-order chi connectivity index (χ0) is 11.3. The molecule has 1 rings (SSSR count). The van der Waals surface area contributed by atoms with Crippen LogP contribution >= 0.6 is 0 Å². The molecule has 0 amide bonds. The molecule has 0 heterocycles. The quantitative estimate of drug-likeness (QED) is 0.539. The number of esters is 1. The zero-order valence-corrected chi connectivity index (χ0v) is 7.99. The third-order valence-corrected chi connectivity index (χ3v) is 1.67. The SMILES string of the molecule is [2H]/C(=C\C=C)c1ccc(C(=O)OC)cc1. The van der Waals surface area contributed by atoms with Crippen molar-refractivity contribution in [3.05, 3.63) is 54.1 Å². The first kappa shape index (κ1) is 8.75. The molecule has 72 valence electrons. The molecule has 0 aliphatic rings. The maximum absolute atomic E-state index is 11.1. The lowest BCUT2D eigenvalue weighted by Gasteiger charge is -1.98. The van der Waals surface area contributed by atoms with Gasteiger partial charge in [-0.15, -0.1) is 0 Å². The summed E-state index contributed by atoms with van der Waals surface area (Å²) in [5.41, 5.74) is 1.22. The zero-order valence-electron chi connectivity index (χ0n) is 8.99. The topological polar surface area (TPSA) is 26.3 Å². The highest BCUT2D eigenvalue weighted by molar-refractivity contribution is 5.89. The number of ether oxygens (including phenoxy) is 1. The number of carbonyl (C=O) groups excluding carboxylic acids is 1. The second-order valence-corrected chi connectivity index (χ2v) is 2.62. The first-order valence-electron chi connectivity index (χ1n) is 4.67. The molecule has 1 aromatic carbocycles. The highest BCUT2D eigenvalue weighted by Crippen LogP contribution is 2.07. The van der Waals surface area contributed by atoms with E-state index >= 15 is 0 Å². The molecule has 0 bridgehead atoms. The molecule has 0 atom stereocenters. The van der Waals surface area contributed by atoms with Crippen LogP contribution in [0.1, 0.15) is 17.3 Å². The molecule has 0 aliphatic heterocycles. The lowest BCUT2D eigenvalue weighted by atomic mass is 10.1. The van der Waals surface area contributed by atoms with Crippen LogP contribution in [0.2, 0.25) is 0 Å². The van der Waals surface area contributed by atoms with Crippen molar-refractivity contribution in [3.63, 3.8) is 0 Å². The van der Waals surface area contributed by atoms with Crippen LogP contribution in [0.15, 0.2) is 43.0 Å². The van der Waals surface area contributed by atoms with Crippen LogP contribution in [0.25, 0.3) is 6.05 Å². The van der Waals surface area contributed by atoms with Crippen LogP contribution in [0.4, 0.5) is 0 Å². The first-order chi connectivity index (χ1) is 7.19. The number of rotatable bonds is 3. The number of methoxy groups -OCH3 is 1. The number of carbonyl (C=O) groups is 1. The Balaban J connectivity index is 2.94. The summed E-state index contributed by atoms with van der Waals surface area (Å²) in [6.07, 6.45) is 3.14. The van der Waals surface area contributed by atoms with Crippen molar-refractivity contribution in [2.75, 3.05) is 7.11 Å². The molecule has 1 aromatic rings. The van der Waals surface area contributed by atoms with Gasteiger partial charge in [-0.3, -0.25) is 0 Å². The lowest BCUT2D eigenvalue weighted by Crippen LogP contribution is -2.00. The average Bonchev–Trinajstić information content (AvgIpc) is 2.28. The van der Waals surface area contributed by atoms with E-state index in [0.29, 0.717) is 11.6 Å².